The number of nitrogens with zero attached hydrogens (tertiary/aromatic N) is 2. The molecule has 0 spiro atoms. The molecule has 0 amide bonds. The molecule has 4 rings (SSSR count). The zero-order valence-corrected chi connectivity index (χ0v) is 31.3. The van der Waals surface area contributed by atoms with E-state index in [9.17, 15) is 64.3 Å². The van der Waals surface area contributed by atoms with Gasteiger partial charge in [0.15, 0.2) is 16.5 Å². The Balaban J connectivity index is 1.56. The predicted molar refractivity (Wildman–Crippen MR) is 181 cm³/mol. The molecule has 0 atom stereocenters. The van der Waals surface area contributed by atoms with Gasteiger partial charge in [0.2, 0.25) is 17.4 Å². The lowest BCUT2D eigenvalue weighted by atomic mass is 9.93. The third-order valence-electron chi connectivity index (χ3n) is 7.96. The van der Waals surface area contributed by atoms with Gasteiger partial charge in [-0.3, -0.25) is 37.8 Å². The summed E-state index contributed by atoms with van der Waals surface area (Å²) >= 11 is 0. The number of fused-ring (bicyclic) bond motifs is 2. The molecule has 0 aliphatic rings. The molecule has 0 bridgehead atoms. The SMILES string of the molecule is CC(=O)OC(C)(C)CCC(C)(C)OC(=O)CCC(=O)On1c(=O)c2cc3c(=O)n(OS(=O)(=O)c4c(F)c(F)c(OC(=O)C(C)C)c(F)c4F)c(=O)c3cc2c1=O. The van der Waals surface area contributed by atoms with Crippen molar-refractivity contribution in [2.75, 3.05) is 0 Å². The van der Waals surface area contributed by atoms with E-state index in [2.05, 4.69) is 9.02 Å². The number of esters is 3. The van der Waals surface area contributed by atoms with Crippen LogP contribution in [0.1, 0.15) is 74.1 Å². The van der Waals surface area contributed by atoms with Crippen LogP contribution < -0.4 is 36.1 Å². The first-order chi connectivity index (χ1) is 25.7. The van der Waals surface area contributed by atoms with Crippen LogP contribution in [0.4, 0.5) is 17.6 Å². The number of halogens is 4. The maximum atomic E-state index is 14.8. The second kappa shape index (κ2) is 15.3. The quantitative estimate of drug-likeness (QED) is 0.0768. The molecule has 0 saturated heterocycles. The lowest BCUT2D eigenvalue weighted by molar-refractivity contribution is -0.164. The molecule has 0 aliphatic heterocycles. The highest BCUT2D eigenvalue weighted by Gasteiger charge is 2.38. The minimum absolute atomic E-state index is 0.0288. The maximum absolute atomic E-state index is 14.8. The van der Waals surface area contributed by atoms with E-state index in [1.54, 1.807) is 27.7 Å². The molecule has 0 radical (unpaired) electrons. The Hall–Kier alpha value is -5.93. The summed E-state index contributed by atoms with van der Waals surface area (Å²) in [7, 11) is -6.12. The van der Waals surface area contributed by atoms with Crippen molar-refractivity contribution in [3.8, 4) is 5.75 Å². The van der Waals surface area contributed by atoms with Crippen LogP contribution in [-0.4, -0.2) is 53.0 Å². The van der Waals surface area contributed by atoms with E-state index >= 15 is 0 Å². The van der Waals surface area contributed by atoms with E-state index in [-0.39, 0.29) is 11.2 Å². The molecular formula is C34H32F4N2O15S. The average Bonchev–Trinajstić information content (AvgIpc) is 3.44. The zero-order valence-electron chi connectivity index (χ0n) is 30.5. The van der Waals surface area contributed by atoms with Gasteiger partial charge < -0.3 is 19.0 Å². The summed E-state index contributed by atoms with van der Waals surface area (Å²) in [5, 5.41) is -2.88. The van der Waals surface area contributed by atoms with Crippen LogP contribution in [0.15, 0.2) is 36.2 Å². The van der Waals surface area contributed by atoms with Crippen molar-refractivity contribution >= 4 is 55.5 Å². The zero-order chi connectivity index (χ0) is 42.4. The summed E-state index contributed by atoms with van der Waals surface area (Å²) in [6, 6.07) is 1.24. The van der Waals surface area contributed by atoms with Crippen LogP contribution in [-0.2, 0) is 38.8 Å². The molecule has 0 N–H and O–H groups in total. The number of aromatic nitrogens is 2. The fourth-order valence-electron chi connectivity index (χ4n) is 5.14. The highest BCUT2D eigenvalue weighted by molar-refractivity contribution is 7.87. The normalized spacial score (nSPS) is 12.3. The number of rotatable bonds is 14. The standard InChI is InChI=1S/C34H32F4N2O15S/c1-14(2)32(48)51-26-22(35)24(37)27(25(38)23(26)36)56(49,50)55-40-30(46)18-12-16-17(13-19(18)31(40)47)29(45)39(28(16)44)54-21(43)9-8-20(42)53-34(6,7)11-10-33(4,5)52-15(3)41/h12-14H,8-11H2,1-7H3. The Morgan fingerprint density at radius 3 is 1.52 bits per heavy atom. The number of benzene rings is 2. The Morgan fingerprint density at radius 2 is 1.09 bits per heavy atom. The third-order valence-corrected chi connectivity index (χ3v) is 9.17. The summed E-state index contributed by atoms with van der Waals surface area (Å²) in [6.45, 7) is 10.2. The van der Waals surface area contributed by atoms with E-state index in [4.69, 9.17) is 14.3 Å². The van der Waals surface area contributed by atoms with E-state index in [0.29, 0.717) is 18.6 Å². The first-order valence-corrected chi connectivity index (χ1v) is 17.7. The minimum Gasteiger partial charge on any atom is -0.460 e. The van der Waals surface area contributed by atoms with Gasteiger partial charge in [0, 0.05) is 6.92 Å². The Morgan fingerprint density at radius 1 is 0.679 bits per heavy atom. The van der Waals surface area contributed by atoms with E-state index < -0.39 is 146 Å². The van der Waals surface area contributed by atoms with Crippen molar-refractivity contribution in [1.29, 1.82) is 0 Å². The van der Waals surface area contributed by atoms with E-state index in [1.165, 1.54) is 20.8 Å². The molecule has 302 valence electrons. The van der Waals surface area contributed by atoms with Crippen molar-refractivity contribution < 1.29 is 68.5 Å². The number of carbonyl (C=O) groups excluding carboxylic acids is 4. The van der Waals surface area contributed by atoms with Gasteiger partial charge in [-0.2, -0.15) is 17.2 Å². The molecule has 2 aromatic heterocycles. The van der Waals surface area contributed by atoms with Crippen molar-refractivity contribution in [3.63, 3.8) is 0 Å². The molecule has 4 aromatic rings. The highest BCUT2D eigenvalue weighted by atomic mass is 32.2. The van der Waals surface area contributed by atoms with Gasteiger partial charge >= 0.3 is 34.0 Å². The number of carbonyl (C=O) groups is 4. The number of hydrogen-bond donors (Lipinski definition) is 0. The third kappa shape index (κ3) is 8.63. The summed E-state index contributed by atoms with van der Waals surface area (Å²) in [5.41, 5.74) is -7.98. The topological polar surface area (TPSA) is 227 Å². The summed E-state index contributed by atoms with van der Waals surface area (Å²) in [5.74, 6) is -17.2. The second-order valence-corrected chi connectivity index (χ2v) is 15.3. The van der Waals surface area contributed by atoms with Crippen molar-refractivity contribution in [2.24, 2.45) is 5.92 Å². The largest absolute Gasteiger partial charge is 0.460 e. The van der Waals surface area contributed by atoms with Gasteiger partial charge in [-0.1, -0.05) is 23.3 Å². The second-order valence-electron chi connectivity index (χ2n) is 13.8. The molecule has 2 heterocycles. The van der Waals surface area contributed by atoms with Gasteiger partial charge in [0.1, 0.15) is 11.2 Å². The predicted octanol–water partition coefficient (Wildman–Crippen LogP) is 2.03. The fourth-order valence-corrected chi connectivity index (χ4v) is 6.16. The van der Waals surface area contributed by atoms with Gasteiger partial charge in [0.25, 0.3) is 22.2 Å². The van der Waals surface area contributed by atoms with E-state index in [0.717, 1.165) is 0 Å². The molecule has 22 heteroatoms. The first kappa shape index (κ1) is 42.8. The van der Waals surface area contributed by atoms with Crippen LogP contribution in [0.25, 0.3) is 21.5 Å². The molecule has 0 aliphatic carbocycles. The molecule has 56 heavy (non-hydrogen) atoms. The number of ether oxygens (including phenoxy) is 3. The van der Waals surface area contributed by atoms with Crippen LogP contribution in [0.2, 0.25) is 0 Å². The Bertz CT molecular complexity index is 2530. The van der Waals surface area contributed by atoms with Gasteiger partial charge in [-0.05, 0) is 52.7 Å². The Labute approximate surface area is 312 Å². The lowest BCUT2D eigenvalue weighted by Gasteiger charge is -2.30. The van der Waals surface area contributed by atoms with Crippen molar-refractivity contribution in [3.05, 3.63) is 76.8 Å². The van der Waals surface area contributed by atoms with Crippen LogP contribution in [0, 0.1) is 29.2 Å². The molecule has 17 nitrogen and oxygen atoms in total. The molecule has 2 aromatic carbocycles. The first-order valence-electron chi connectivity index (χ1n) is 16.3. The summed E-state index contributed by atoms with van der Waals surface area (Å²) < 4.78 is 103. The fraction of sp³-hybridized carbons (Fsp3) is 0.412. The monoisotopic (exact) mass is 816 g/mol. The molecule has 0 saturated carbocycles. The van der Waals surface area contributed by atoms with Gasteiger partial charge in [-0.15, -0.1) is 0 Å². The molecule has 0 fully saturated rings. The molecule has 0 unspecified atom stereocenters. The maximum Gasteiger partial charge on any atom is 0.363 e. The Kier molecular flexibility index (Phi) is 11.7. The highest BCUT2D eigenvalue weighted by Crippen LogP contribution is 2.33. The van der Waals surface area contributed by atoms with E-state index in [1.807, 2.05) is 0 Å². The van der Waals surface area contributed by atoms with Gasteiger partial charge in [-0.25, -0.2) is 13.6 Å². The minimum atomic E-state index is -6.12. The van der Waals surface area contributed by atoms with Crippen LogP contribution >= 0.6 is 0 Å². The lowest BCUT2D eigenvalue weighted by Crippen LogP contribution is -2.36. The molecular weight excluding hydrogens is 784 g/mol. The van der Waals surface area contributed by atoms with Crippen LogP contribution in [0.5, 0.6) is 5.75 Å². The summed E-state index contributed by atoms with van der Waals surface area (Å²) in [6.07, 6.45) is -0.666. The smallest absolute Gasteiger partial charge is 0.363 e. The van der Waals surface area contributed by atoms with Crippen molar-refractivity contribution in [1.82, 2.24) is 9.46 Å². The van der Waals surface area contributed by atoms with Crippen molar-refractivity contribution in [2.45, 2.75) is 90.2 Å². The average molecular weight is 817 g/mol. The van der Waals surface area contributed by atoms with Gasteiger partial charge in [0.05, 0.1) is 40.3 Å². The summed E-state index contributed by atoms with van der Waals surface area (Å²) in [4.78, 5) is 103. The number of hydrogen-bond acceptors (Lipinski definition) is 15. The van der Waals surface area contributed by atoms with Crippen LogP contribution in [0.3, 0.4) is 0 Å².